The number of carboxylic acid groups (broad SMARTS) is 1. The fourth-order valence-corrected chi connectivity index (χ4v) is 2.99. The largest absolute Gasteiger partial charge is 0.475 e. The maximum Gasteiger partial charge on any atom is 0.372 e. The maximum atomic E-state index is 11.8. The topological polar surface area (TPSA) is 80.7 Å². The van der Waals surface area contributed by atoms with Crippen LogP contribution in [0.3, 0.4) is 0 Å². The van der Waals surface area contributed by atoms with Crippen LogP contribution in [-0.2, 0) is 0 Å². The SMILES string of the molecule is Cc1cc(=O)oc2c1ccc1oc(C(=O)O)c(-c3ccccc3)c12. The Balaban J connectivity index is 2.27. The lowest BCUT2D eigenvalue weighted by molar-refractivity contribution is 0.0666. The molecule has 0 bridgehead atoms. The predicted octanol–water partition coefficient (Wildman–Crippen LogP) is 4.21. The molecule has 0 aliphatic carbocycles. The molecule has 0 aliphatic rings. The minimum atomic E-state index is -1.17. The summed E-state index contributed by atoms with van der Waals surface area (Å²) in [6, 6.07) is 13.9. The van der Waals surface area contributed by atoms with E-state index in [2.05, 4.69) is 0 Å². The van der Waals surface area contributed by atoms with E-state index in [1.807, 2.05) is 25.1 Å². The van der Waals surface area contributed by atoms with Crippen LogP contribution in [0.1, 0.15) is 16.1 Å². The van der Waals surface area contributed by atoms with E-state index < -0.39 is 11.6 Å². The van der Waals surface area contributed by atoms with Gasteiger partial charge in [-0.2, -0.15) is 0 Å². The standard InChI is InChI=1S/C19H12O5/c1-10-9-14(20)24-17-12(10)7-8-13-16(17)15(18(23-13)19(21)22)11-5-3-2-4-6-11/h2-9H,1H3,(H,21,22). The predicted molar refractivity (Wildman–Crippen MR) is 89.4 cm³/mol. The summed E-state index contributed by atoms with van der Waals surface area (Å²) in [5, 5.41) is 10.8. The van der Waals surface area contributed by atoms with Crippen LogP contribution in [-0.4, -0.2) is 11.1 Å². The number of carboxylic acids is 1. The molecule has 2 aromatic carbocycles. The number of benzene rings is 2. The zero-order valence-corrected chi connectivity index (χ0v) is 12.7. The highest BCUT2D eigenvalue weighted by atomic mass is 16.4. The van der Waals surface area contributed by atoms with Crippen molar-refractivity contribution < 1.29 is 18.7 Å². The smallest absolute Gasteiger partial charge is 0.372 e. The van der Waals surface area contributed by atoms with Gasteiger partial charge < -0.3 is 13.9 Å². The highest BCUT2D eigenvalue weighted by Crippen LogP contribution is 2.39. The minimum Gasteiger partial charge on any atom is -0.475 e. The molecule has 0 radical (unpaired) electrons. The van der Waals surface area contributed by atoms with E-state index >= 15 is 0 Å². The molecule has 2 heterocycles. The third-order valence-corrected chi connectivity index (χ3v) is 4.03. The van der Waals surface area contributed by atoms with Gasteiger partial charge in [0.1, 0.15) is 11.2 Å². The van der Waals surface area contributed by atoms with Crippen molar-refractivity contribution in [2.75, 3.05) is 0 Å². The van der Waals surface area contributed by atoms with E-state index in [4.69, 9.17) is 8.83 Å². The molecular formula is C19H12O5. The summed E-state index contributed by atoms with van der Waals surface area (Å²) in [7, 11) is 0. The van der Waals surface area contributed by atoms with E-state index in [9.17, 15) is 14.7 Å². The lowest BCUT2D eigenvalue weighted by atomic mass is 9.99. The average Bonchev–Trinajstić information content (AvgIpc) is 2.95. The summed E-state index contributed by atoms with van der Waals surface area (Å²) < 4.78 is 10.9. The molecule has 5 nitrogen and oxygen atoms in total. The molecule has 4 rings (SSSR count). The van der Waals surface area contributed by atoms with Crippen molar-refractivity contribution in [1.29, 1.82) is 0 Å². The highest BCUT2D eigenvalue weighted by Gasteiger charge is 2.24. The molecule has 0 amide bonds. The average molecular weight is 320 g/mol. The summed E-state index contributed by atoms with van der Waals surface area (Å²) in [5.74, 6) is -1.35. The van der Waals surface area contributed by atoms with Crippen molar-refractivity contribution >= 4 is 27.9 Å². The molecule has 0 unspecified atom stereocenters. The van der Waals surface area contributed by atoms with Crippen molar-refractivity contribution in [1.82, 2.24) is 0 Å². The van der Waals surface area contributed by atoms with Gasteiger partial charge in [0.15, 0.2) is 0 Å². The zero-order valence-electron chi connectivity index (χ0n) is 12.7. The Bertz CT molecular complexity index is 1150. The third-order valence-electron chi connectivity index (χ3n) is 4.03. The molecule has 24 heavy (non-hydrogen) atoms. The van der Waals surface area contributed by atoms with Gasteiger partial charge in [0.05, 0.1) is 5.39 Å². The summed E-state index contributed by atoms with van der Waals surface area (Å²) in [6.45, 7) is 1.81. The van der Waals surface area contributed by atoms with Crippen molar-refractivity contribution in [2.45, 2.75) is 6.92 Å². The number of aryl methyl sites for hydroxylation is 1. The number of rotatable bonds is 2. The van der Waals surface area contributed by atoms with Crippen molar-refractivity contribution in [3.63, 3.8) is 0 Å². The number of carbonyl (C=O) groups is 1. The van der Waals surface area contributed by atoms with Crippen LogP contribution in [0.25, 0.3) is 33.1 Å². The summed E-state index contributed by atoms with van der Waals surface area (Å²) in [4.78, 5) is 23.5. The molecule has 0 spiro atoms. The number of hydrogen-bond donors (Lipinski definition) is 1. The Kier molecular flexibility index (Phi) is 3.03. The molecule has 0 atom stereocenters. The Hall–Kier alpha value is -3.34. The lowest BCUT2D eigenvalue weighted by Gasteiger charge is -2.04. The second kappa shape index (κ2) is 5.09. The molecule has 4 aromatic rings. The van der Waals surface area contributed by atoms with Gasteiger partial charge in [-0.05, 0) is 30.2 Å². The quantitative estimate of drug-likeness (QED) is 0.559. The first kappa shape index (κ1) is 14.3. The third kappa shape index (κ3) is 2.02. The first-order chi connectivity index (χ1) is 11.6. The van der Waals surface area contributed by atoms with Crippen LogP contribution >= 0.6 is 0 Å². The Morgan fingerprint density at radius 1 is 1.04 bits per heavy atom. The maximum absolute atomic E-state index is 11.8. The molecule has 2 aromatic heterocycles. The Labute approximate surface area is 135 Å². The molecule has 118 valence electrons. The van der Waals surface area contributed by atoms with Gasteiger partial charge in [0, 0.05) is 17.0 Å². The van der Waals surface area contributed by atoms with Crippen LogP contribution in [0.5, 0.6) is 0 Å². The number of aromatic carboxylic acids is 1. The molecular weight excluding hydrogens is 308 g/mol. The molecule has 0 fully saturated rings. The van der Waals surface area contributed by atoms with Gasteiger partial charge >= 0.3 is 11.6 Å². The van der Waals surface area contributed by atoms with Crippen LogP contribution in [0, 0.1) is 6.92 Å². The zero-order chi connectivity index (χ0) is 16.8. The van der Waals surface area contributed by atoms with Gasteiger partial charge in [-0.15, -0.1) is 0 Å². The monoisotopic (exact) mass is 320 g/mol. The normalized spacial score (nSPS) is 11.2. The van der Waals surface area contributed by atoms with Crippen LogP contribution in [0.4, 0.5) is 0 Å². The minimum absolute atomic E-state index is 0.173. The highest BCUT2D eigenvalue weighted by molar-refractivity contribution is 6.15. The molecule has 0 saturated carbocycles. The van der Waals surface area contributed by atoms with Gasteiger partial charge in [-0.3, -0.25) is 0 Å². The van der Waals surface area contributed by atoms with Crippen LogP contribution in [0.2, 0.25) is 0 Å². The Morgan fingerprint density at radius 3 is 2.50 bits per heavy atom. The fraction of sp³-hybridized carbons (Fsp3) is 0.0526. The van der Waals surface area contributed by atoms with Crippen molar-refractivity contribution in [3.05, 3.63) is 70.3 Å². The van der Waals surface area contributed by atoms with Crippen molar-refractivity contribution in [3.8, 4) is 11.1 Å². The van der Waals surface area contributed by atoms with Crippen molar-refractivity contribution in [2.24, 2.45) is 0 Å². The Morgan fingerprint density at radius 2 is 1.79 bits per heavy atom. The van der Waals surface area contributed by atoms with E-state index in [0.717, 1.165) is 10.9 Å². The van der Waals surface area contributed by atoms with Gasteiger partial charge in [0.25, 0.3) is 0 Å². The number of hydrogen-bond acceptors (Lipinski definition) is 4. The number of furan rings is 1. The van der Waals surface area contributed by atoms with Gasteiger partial charge in [0.2, 0.25) is 5.76 Å². The fourth-order valence-electron chi connectivity index (χ4n) is 2.99. The summed E-state index contributed by atoms with van der Waals surface area (Å²) in [6.07, 6.45) is 0. The summed E-state index contributed by atoms with van der Waals surface area (Å²) >= 11 is 0. The van der Waals surface area contributed by atoms with E-state index in [1.54, 1.807) is 24.3 Å². The van der Waals surface area contributed by atoms with E-state index in [1.165, 1.54) is 6.07 Å². The summed E-state index contributed by atoms with van der Waals surface area (Å²) in [5.41, 5.74) is 2.09. The second-order valence-electron chi connectivity index (χ2n) is 5.54. The van der Waals surface area contributed by atoms with Gasteiger partial charge in [-0.1, -0.05) is 30.3 Å². The van der Waals surface area contributed by atoms with Crippen LogP contribution < -0.4 is 5.63 Å². The molecule has 1 N–H and O–H groups in total. The second-order valence-corrected chi connectivity index (χ2v) is 5.54. The van der Waals surface area contributed by atoms with Crippen LogP contribution in [0.15, 0.2) is 62.2 Å². The number of fused-ring (bicyclic) bond motifs is 3. The van der Waals surface area contributed by atoms with Gasteiger partial charge in [-0.25, -0.2) is 9.59 Å². The molecule has 0 aliphatic heterocycles. The van der Waals surface area contributed by atoms with E-state index in [0.29, 0.717) is 27.7 Å². The lowest BCUT2D eigenvalue weighted by Crippen LogP contribution is -1.98. The molecule has 5 heteroatoms. The first-order valence-electron chi connectivity index (χ1n) is 7.35. The van der Waals surface area contributed by atoms with E-state index in [-0.39, 0.29) is 5.76 Å². The molecule has 0 saturated heterocycles. The first-order valence-corrected chi connectivity index (χ1v) is 7.35.